The summed E-state index contributed by atoms with van der Waals surface area (Å²) in [5.41, 5.74) is 0.993. The van der Waals surface area contributed by atoms with E-state index in [9.17, 15) is 10.5 Å². The summed E-state index contributed by atoms with van der Waals surface area (Å²) in [7, 11) is 3.30. The number of rotatable bonds is 6. The number of methoxy groups -OCH3 is 2. The first-order chi connectivity index (χ1) is 23.9. The summed E-state index contributed by atoms with van der Waals surface area (Å²) in [5.74, 6) is 2.49. The zero-order valence-corrected chi connectivity index (χ0v) is 30.9. The molecule has 8 rings (SSSR count). The first-order valence-corrected chi connectivity index (χ1v) is 20.0. The highest BCUT2D eigenvalue weighted by atomic mass is 32.1. The Morgan fingerprint density at radius 1 is 0.755 bits per heavy atom. The SMILES string of the molecule is [C-]#[N+]C(=Cc1cc(OC)c(-c2cc3sc4c(c3s2)C2(CCCCC2)Oc2c-4sc3cc(-c4sc(C=C(C#N)C#N)cc4OC)sc23)s1)[N+]#[C-]. The van der Waals surface area contributed by atoms with Gasteiger partial charge in [-0.3, -0.25) is 0 Å². The highest BCUT2D eigenvalue weighted by Gasteiger charge is 2.46. The standard InChI is InChI=1S/C36H22N4O3S6/c1-39-27(40-2)13-20-12-22(42-4)30(45-20)23-14-25-32(46-23)28-34(48-25)35-29(43-36(28)8-6-5-7-9-36)33-26(49-35)15-24(47-33)31-21(41-3)11-19(44-31)10-18(16-37)17-38/h10-15H,5-9H2,3-4H3. The Balaban J connectivity index is 1.24. The molecule has 7 heterocycles. The van der Waals surface area contributed by atoms with E-state index in [0.717, 1.165) is 76.9 Å². The molecule has 0 amide bonds. The molecule has 49 heavy (non-hydrogen) atoms. The van der Waals surface area contributed by atoms with Gasteiger partial charge in [0.1, 0.15) is 48.0 Å². The molecule has 0 bridgehead atoms. The maximum absolute atomic E-state index is 9.26. The Labute approximate surface area is 306 Å². The summed E-state index contributed by atoms with van der Waals surface area (Å²) in [4.78, 5) is 14.9. The van der Waals surface area contributed by atoms with Gasteiger partial charge in [-0.15, -0.1) is 68.0 Å². The van der Waals surface area contributed by atoms with Crippen molar-refractivity contribution in [3.05, 3.63) is 73.8 Å². The lowest BCUT2D eigenvalue weighted by Crippen LogP contribution is -2.37. The zero-order valence-electron chi connectivity index (χ0n) is 26.0. The number of nitriles is 2. The van der Waals surface area contributed by atoms with Crippen molar-refractivity contribution in [2.24, 2.45) is 0 Å². The second kappa shape index (κ2) is 12.5. The lowest BCUT2D eigenvalue weighted by molar-refractivity contribution is 0.0282. The topological polar surface area (TPSA) is 84.0 Å². The maximum atomic E-state index is 9.26. The van der Waals surface area contributed by atoms with Crippen LogP contribution in [0.3, 0.4) is 0 Å². The third-order valence-electron chi connectivity index (χ3n) is 8.66. The number of hydrogen-bond donors (Lipinski definition) is 0. The smallest absolute Gasteiger partial charge is 0.495 e. The largest absolute Gasteiger partial charge is 0.520 e. The Bertz CT molecular complexity index is 2520. The molecule has 0 aromatic carbocycles. The summed E-state index contributed by atoms with van der Waals surface area (Å²) in [6.45, 7) is 14.6. The minimum Gasteiger partial charge on any atom is -0.495 e. The molecule has 7 nitrogen and oxygen atoms in total. The van der Waals surface area contributed by atoms with Crippen molar-refractivity contribution in [1.82, 2.24) is 0 Å². The maximum Gasteiger partial charge on any atom is 0.520 e. The van der Waals surface area contributed by atoms with E-state index in [1.165, 1.54) is 47.2 Å². The van der Waals surface area contributed by atoms with E-state index in [0.29, 0.717) is 0 Å². The van der Waals surface area contributed by atoms with Crippen LogP contribution in [-0.2, 0) is 5.60 Å². The molecular weight excluding hydrogens is 729 g/mol. The van der Waals surface area contributed by atoms with E-state index in [1.54, 1.807) is 71.7 Å². The van der Waals surface area contributed by atoms with E-state index in [4.69, 9.17) is 27.4 Å². The molecule has 240 valence electrons. The molecule has 6 aromatic rings. The van der Waals surface area contributed by atoms with Crippen molar-refractivity contribution in [1.29, 1.82) is 10.5 Å². The third kappa shape index (κ3) is 5.18. The Morgan fingerprint density at radius 3 is 1.92 bits per heavy atom. The van der Waals surface area contributed by atoms with E-state index in [2.05, 4.69) is 21.8 Å². The van der Waals surface area contributed by atoms with Crippen molar-refractivity contribution >= 4 is 99.0 Å². The molecule has 13 heteroatoms. The lowest BCUT2D eigenvalue weighted by Gasteiger charge is -2.40. The molecule has 0 radical (unpaired) electrons. The van der Waals surface area contributed by atoms with Crippen LogP contribution in [0.4, 0.5) is 0 Å². The Kier molecular flexibility index (Phi) is 8.09. The predicted molar refractivity (Wildman–Crippen MR) is 204 cm³/mol. The quantitative estimate of drug-likeness (QED) is 0.125. The first-order valence-electron chi connectivity index (χ1n) is 15.1. The minimum absolute atomic E-state index is 0.0353. The van der Waals surface area contributed by atoms with Gasteiger partial charge in [0.25, 0.3) is 0 Å². The molecule has 1 aliphatic carbocycles. The van der Waals surface area contributed by atoms with Crippen molar-refractivity contribution in [2.75, 3.05) is 14.2 Å². The molecule has 1 saturated carbocycles. The second-order valence-corrected chi connectivity index (χ2v) is 17.8. The summed E-state index contributed by atoms with van der Waals surface area (Å²) in [6, 6.07) is 12.1. The minimum atomic E-state index is -0.393. The molecule has 1 spiro atoms. The normalized spacial score (nSPS) is 14.2. The number of allylic oxidation sites excluding steroid dienone is 1. The molecule has 2 aliphatic rings. The van der Waals surface area contributed by atoms with Gasteiger partial charge in [-0.05, 0) is 56.0 Å². The average molecular weight is 751 g/mol. The van der Waals surface area contributed by atoms with Gasteiger partial charge in [0.15, 0.2) is 5.75 Å². The van der Waals surface area contributed by atoms with Gasteiger partial charge in [0.05, 0.1) is 57.6 Å². The zero-order chi connectivity index (χ0) is 33.9. The number of thiophene rings is 6. The lowest BCUT2D eigenvalue weighted by atomic mass is 9.78. The van der Waals surface area contributed by atoms with Crippen LogP contribution in [0.2, 0.25) is 0 Å². The van der Waals surface area contributed by atoms with Gasteiger partial charge in [-0.2, -0.15) is 20.2 Å². The van der Waals surface area contributed by atoms with Crippen LogP contribution in [0, 0.1) is 35.8 Å². The van der Waals surface area contributed by atoms with Crippen molar-refractivity contribution < 1.29 is 14.2 Å². The fourth-order valence-corrected chi connectivity index (χ4v) is 14.3. The van der Waals surface area contributed by atoms with Crippen molar-refractivity contribution in [3.63, 3.8) is 0 Å². The van der Waals surface area contributed by atoms with Crippen LogP contribution >= 0.6 is 68.0 Å². The van der Waals surface area contributed by atoms with Gasteiger partial charge in [-0.25, -0.2) is 0 Å². The molecule has 0 saturated heterocycles. The molecule has 0 unspecified atom stereocenters. The van der Waals surface area contributed by atoms with Gasteiger partial charge in [-0.1, -0.05) is 6.42 Å². The Morgan fingerprint density at radius 2 is 1.33 bits per heavy atom. The van der Waals surface area contributed by atoms with Crippen LogP contribution < -0.4 is 14.2 Å². The predicted octanol–water partition coefficient (Wildman–Crippen LogP) is 12.5. The highest BCUT2D eigenvalue weighted by molar-refractivity contribution is 7.36. The monoisotopic (exact) mass is 750 g/mol. The van der Waals surface area contributed by atoms with Crippen LogP contribution in [0.1, 0.15) is 47.4 Å². The molecule has 1 aliphatic heterocycles. The van der Waals surface area contributed by atoms with Gasteiger partial charge in [0.2, 0.25) is 0 Å². The number of ether oxygens (including phenoxy) is 3. The van der Waals surface area contributed by atoms with Crippen LogP contribution in [0.5, 0.6) is 17.2 Å². The summed E-state index contributed by atoms with van der Waals surface area (Å²) < 4.78 is 23.6. The van der Waals surface area contributed by atoms with Crippen molar-refractivity contribution in [2.45, 2.75) is 37.7 Å². The molecule has 0 N–H and O–H groups in total. The molecule has 0 atom stereocenters. The van der Waals surface area contributed by atoms with Crippen LogP contribution in [-0.4, -0.2) is 14.2 Å². The summed E-state index contributed by atoms with van der Waals surface area (Å²) in [6.07, 6.45) is 8.59. The van der Waals surface area contributed by atoms with Gasteiger partial charge >= 0.3 is 5.82 Å². The van der Waals surface area contributed by atoms with E-state index >= 15 is 0 Å². The van der Waals surface area contributed by atoms with Crippen LogP contribution in [0.15, 0.2) is 35.7 Å². The molecule has 6 aromatic heterocycles. The van der Waals surface area contributed by atoms with E-state index in [-0.39, 0.29) is 11.4 Å². The number of hydrogen-bond acceptors (Lipinski definition) is 11. The second-order valence-electron chi connectivity index (χ2n) is 11.4. The highest BCUT2D eigenvalue weighted by Crippen LogP contribution is 2.64. The summed E-state index contributed by atoms with van der Waals surface area (Å²) >= 11 is 10.2. The summed E-state index contributed by atoms with van der Waals surface area (Å²) in [5, 5.41) is 18.5. The van der Waals surface area contributed by atoms with Crippen LogP contribution in [0.25, 0.3) is 69.9 Å². The number of nitrogens with zero attached hydrogens (tertiary/aromatic N) is 4. The fourth-order valence-electron chi connectivity index (χ4n) is 6.54. The van der Waals surface area contributed by atoms with E-state index < -0.39 is 5.60 Å². The Hall–Kier alpha value is -4.44. The third-order valence-corrected chi connectivity index (χ3v) is 16.1. The van der Waals surface area contributed by atoms with Gasteiger partial charge < -0.3 is 14.2 Å². The number of fused-ring (bicyclic) bond motifs is 8. The van der Waals surface area contributed by atoms with Gasteiger partial charge in [0, 0.05) is 26.1 Å². The van der Waals surface area contributed by atoms with Crippen molar-refractivity contribution in [3.8, 4) is 58.6 Å². The molecular formula is C36H22N4O3S6. The fraction of sp³-hybridized carbons (Fsp3) is 0.222. The average Bonchev–Trinajstić information content (AvgIpc) is 3.96. The van der Waals surface area contributed by atoms with E-state index in [1.807, 2.05) is 35.6 Å². The first kappa shape index (κ1) is 31.8. The molecule has 1 fully saturated rings.